The van der Waals surface area contributed by atoms with Gasteiger partial charge in [-0.1, -0.05) is 41.9 Å². The van der Waals surface area contributed by atoms with Crippen LogP contribution in [0.4, 0.5) is 0 Å². The number of hydrogen-bond donors (Lipinski definition) is 0. The summed E-state index contributed by atoms with van der Waals surface area (Å²) in [7, 11) is 0. The third-order valence-corrected chi connectivity index (χ3v) is 4.07. The van der Waals surface area contributed by atoms with Gasteiger partial charge in [-0.25, -0.2) is 9.36 Å². The summed E-state index contributed by atoms with van der Waals surface area (Å²) in [6.45, 7) is 0. The average molecular weight is 366 g/mol. The molecule has 3 aromatic carbocycles. The summed E-state index contributed by atoms with van der Waals surface area (Å²) in [5, 5.41) is 0.593. The van der Waals surface area contributed by atoms with Crippen LogP contribution in [0, 0.1) is 0 Å². The second kappa shape index (κ2) is 6.54. The van der Waals surface area contributed by atoms with Crippen molar-refractivity contribution in [1.82, 2.24) is 4.57 Å². The first-order valence-corrected chi connectivity index (χ1v) is 8.19. The number of aromatic nitrogens is 1. The maximum Gasteiger partial charge on any atom is 0.427 e. The Hall–Kier alpha value is -3.31. The molecular formula is C20H12ClNO4. The van der Waals surface area contributed by atoms with E-state index in [0.717, 1.165) is 4.57 Å². The highest BCUT2D eigenvalue weighted by Gasteiger charge is 2.15. The zero-order chi connectivity index (χ0) is 18.1. The summed E-state index contributed by atoms with van der Waals surface area (Å²) < 4.78 is 12.1. The summed E-state index contributed by atoms with van der Waals surface area (Å²) >= 11 is 5.97. The molecule has 0 radical (unpaired) electrons. The fourth-order valence-corrected chi connectivity index (χ4v) is 2.82. The molecule has 4 rings (SSSR count). The number of para-hydroxylation sites is 3. The van der Waals surface area contributed by atoms with Gasteiger partial charge < -0.3 is 9.15 Å². The summed E-state index contributed by atoms with van der Waals surface area (Å²) in [4.78, 5) is 25.3. The van der Waals surface area contributed by atoms with E-state index in [1.54, 1.807) is 42.5 Å². The van der Waals surface area contributed by atoms with Crippen LogP contribution < -0.4 is 16.1 Å². The molecular weight excluding hydrogens is 354 g/mol. The predicted molar refractivity (Wildman–Crippen MR) is 99.6 cm³/mol. The van der Waals surface area contributed by atoms with Gasteiger partial charge in [-0.3, -0.25) is 4.79 Å². The first-order valence-electron chi connectivity index (χ1n) is 7.81. The Bertz CT molecular complexity index is 1210. The van der Waals surface area contributed by atoms with E-state index in [9.17, 15) is 9.59 Å². The van der Waals surface area contributed by atoms with E-state index in [0.29, 0.717) is 16.5 Å². The lowest BCUT2D eigenvalue weighted by atomic mass is 10.2. The van der Waals surface area contributed by atoms with Gasteiger partial charge in [0.05, 0.1) is 11.1 Å². The molecule has 1 aromatic heterocycles. The molecule has 0 fully saturated rings. The molecule has 0 amide bonds. The summed E-state index contributed by atoms with van der Waals surface area (Å²) in [5.41, 5.74) is -0.0538. The van der Waals surface area contributed by atoms with Crippen LogP contribution in [0.5, 0.6) is 11.5 Å². The quantitative estimate of drug-likeness (QED) is 0.540. The second-order valence-corrected chi connectivity index (χ2v) is 5.97. The number of hydrogen-bond acceptors (Lipinski definition) is 4. The number of nitrogens with zero attached hydrogens (tertiary/aromatic N) is 1. The number of halogens is 1. The summed E-state index contributed by atoms with van der Waals surface area (Å²) in [5.74, 6) is 0.143. The SMILES string of the molecule is O=c1oc2ccc(Cl)cc2c(=O)n1-c1ccccc1Oc1ccccc1. The fourth-order valence-electron chi connectivity index (χ4n) is 2.65. The Balaban J connectivity index is 1.94. The van der Waals surface area contributed by atoms with Gasteiger partial charge in [-0.15, -0.1) is 0 Å². The zero-order valence-electron chi connectivity index (χ0n) is 13.4. The van der Waals surface area contributed by atoms with Crippen LogP contribution in [0.15, 0.2) is 86.8 Å². The molecule has 0 spiro atoms. The molecule has 128 valence electrons. The van der Waals surface area contributed by atoms with Gasteiger partial charge in [0.25, 0.3) is 5.56 Å². The summed E-state index contributed by atoms with van der Waals surface area (Å²) in [6, 6.07) is 20.4. The molecule has 0 unspecified atom stereocenters. The number of benzene rings is 3. The number of fused-ring (bicyclic) bond motifs is 1. The van der Waals surface area contributed by atoms with Gasteiger partial charge in [-0.05, 0) is 42.5 Å². The zero-order valence-corrected chi connectivity index (χ0v) is 14.1. The number of ether oxygens (including phenoxy) is 1. The molecule has 0 aliphatic rings. The van der Waals surface area contributed by atoms with E-state index in [4.69, 9.17) is 20.8 Å². The van der Waals surface area contributed by atoms with E-state index in [1.807, 2.05) is 18.2 Å². The van der Waals surface area contributed by atoms with Crippen molar-refractivity contribution in [2.45, 2.75) is 0 Å². The maximum atomic E-state index is 12.9. The van der Waals surface area contributed by atoms with Crippen LogP contribution in [0.1, 0.15) is 0 Å². The highest BCUT2D eigenvalue weighted by Crippen LogP contribution is 2.27. The molecule has 0 aliphatic heterocycles. The molecule has 0 saturated carbocycles. The predicted octanol–water partition coefficient (Wildman–Crippen LogP) is 4.39. The van der Waals surface area contributed by atoms with Gasteiger partial charge in [0.15, 0.2) is 5.75 Å². The molecule has 4 aromatic rings. The van der Waals surface area contributed by atoms with Crippen molar-refractivity contribution in [1.29, 1.82) is 0 Å². The first-order chi connectivity index (χ1) is 12.6. The minimum Gasteiger partial charge on any atom is -0.455 e. The molecule has 0 bridgehead atoms. The van der Waals surface area contributed by atoms with Crippen molar-refractivity contribution in [3.8, 4) is 17.2 Å². The molecule has 0 atom stereocenters. The Labute approximate surface area is 152 Å². The van der Waals surface area contributed by atoms with Gasteiger partial charge in [0, 0.05) is 5.02 Å². The largest absolute Gasteiger partial charge is 0.455 e. The Morgan fingerprint density at radius 1 is 0.885 bits per heavy atom. The van der Waals surface area contributed by atoms with Crippen molar-refractivity contribution in [2.75, 3.05) is 0 Å². The van der Waals surface area contributed by atoms with E-state index in [2.05, 4.69) is 0 Å². The van der Waals surface area contributed by atoms with E-state index >= 15 is 0 Å². The van der Waals surface area contributed by atoms with E-state index < -0.39 is 11.3 Å². The lowest BCUT2D eigenvalue weighted by Gasteiger charge is -2.12. The highest BCUT2D eigenvalue weighted by atomic mass is 35.5. The van der Waals surface area contributed by atoms with Crippen molar-refractivity contribution >= 4 is 22.6 Å². The molecule has 26 heavy (non-hydrogen) atoms. The van der Waals surface area contributed by atoms with Gasteiger partial charge in [0.2, 0.25) is 0 Å². The van der Waals surface area contributed by atoms with E-state index in [1.165, 1.54) is 12.1 Å². The van der Waals surface area contributed by atoms with Crippen LogP contribution >= 0.6 is 11.6 Å². The molecule has 0 saturated heterocycles. The lowest BCUT2D eigenvalue weighted by molar-refractivity contribution is 0.467. The Morgan fingerprint density at radius 2 is 1.62 bits per heavy atom. The standard InChI is InChI=1S/C20H12ClNO4/c21-13-10-11-17-15(12-13)19(23)22(20(24)26-17)16-8-4-5-9-18(16)25-14-6-2-1-3-7-14/h1-12H. The van der Waals surface area contributed by atoms with Crippen molar-refractivity contribution < 1.29 is 9.15 Å². The summed E-state index contributed by atoms with van der Waals surface area (Å²) in [6.07, 6.45) is 0. The molecule has 1 heterocycles. The molecule has 6 heteroatoms. The van der Waals surface area contributed by atoms with Gasteiger partial charge in [-0.2, -0.15) is 0 Å². The van der Waals surface area contributed by atoms with Crippen LogP contribution in [0.3, 0.4) is 0 Å². The van der Waals surface area contributed by atoms with Crippen LogP contribution in [-0.2, 0) is 0 Å². The highest BCUT2D eigenvalue weighted by molar-refractivity contribution is 6.31. The third-order valence-electron chi connectivity index (χ3n) is 3.83. The topological polar surface area (TPSA) is 61.4 Å². The van der Waals surface area contributed by atoms with Crippen molar-refractivity contribution in [3.63, 3.8) is 0 Å². The van der Waals surface area contributed by atoms with Crippen molar-refractivity contribution in [3.05, 3.63) is 98.7 Å². The normalized spacial score (nSPS) is 10.8. The lowest BCUT2D eigenvalue weighted by Crippen LogP contribution is -2.31. The monoisotopic (exact) mass is 365 g/mol. The molecule has 5 nitrogen and oxygen atoms in total. The minimum atomic E-state index is -0.797. The van der Waals surface area contributed by atoms with Crippen molar-refractivity contribution in [2.24, 2.45) is 0 Å². The first kappa shape index (κ1) is 16.2. The van der Waals surface area contributed by atoms with E-state index in [-0.39, 0.29) is 16.7 Å². The van der Waals surface area contributed by atoms with Crippen LogP contribution in [0.2, 0.25) is 5.02 Å². The van der Waals surface area contributed by atoms with Gasteiger partial charge >= 0.3 is 5.76 Å². The number of rotatable bonds is 3. The Kier molecular flexibility index (Phi) is 4.07. The minimum absolute atomic E-state index is 0.183. The maximum absolute atomic E-state index is 12.9. The van der Waals surface area contributed by atoms with Crippen LogP contribution in [0.25, 0.3) is 16.7 Å². The second-order valence-electron chi connectivity index (χ2n) is 5.53. The smallest absolute Gasteiger partial charge is 0.427 e. The fraction of sp³-hybridized carbons (Fsp3) is 0. The average Bonchev–Trinajstić information content (AvgIpc) is 2.65. The molecule has 0 aliphatic carbocycles. The third kappa shape index (κ3) is 2.89. The van der Waals surface area contributed by atoms with Gasteiger partial charge in [0.1, 0.15) is 11.3 Å². The van der Waals surface area contributed by atoms with Crippen LogP contribution in [-0.4, -0.2) is 4.57 Å². The Morgan fingerprint density at radius 3 is 2.42 bits per heavy atom. The molecule has 0 N–H and O–H groups in total.